The molecule has 0 unspecified atom stereocenters. The lowest BCUT2D eigenvalue weighted by Gasteiger charge is -2.39. The van der Waals surface area contributed by atoms with Crippen LogP contribution in [0.15, 0.2) is 12.3 Å². The van der Waals surface area contributed by atoms with E-state index in [1.165, 1.54) is 37.8 Å². The van der Waals surface area contributed by atoms with Crippen LogP contribution in [0.4, 0.5) is 0 Å². The molecule has 1 heterocycles. The van der Waals surface area contributed by atoms with Gasteiger partial charge in [0, 0.05) is 32.4 Å². The number of methoxy groups -OCH3 is 1. The summed E-state index contributed by atoms with van der Waals surface area (Å²) in [5.41, 5.74) is 1.19. The normalized spacial score (nSPS) is 21.8. The Hall–Kier alpha value is -1.03. The van der Waals surface area contributed by atoms with Crippen LogP contribution in [-0.4, -0.2) is 55.6 Å². The summed E-state index contributed by atoms with van der Waals surface area (Å²) in [6.45, 7) is 7.80. The van der Waals surface area contributed by atoms with Crippen molar-refractivity contribution in [1.29, 1.82) is 0 Å². The van der Waals surface area contributed by atoms with Gasteiger partial charge in [-0.1, -0.05) is 25.8 Å². The van der Waals surface area contributed by atoms with Crippen molar-refractivity contribution in [3.8, 4) is 0 Å². The summed E-state index contributed by atoms with van der Waals surface area (Å²) >= 11 is 0. The molecule has 0 N–H and O–H groups in total. The minimum absolute atomic E-state index is 0.209. The van der Waals surface area contributed by atoms with Crippen LogP contribution in [0.2, 0.25) is 0 Å². The van der Waals surface area contributed by atoms with E-state index in [0.29, 0.717) is 25.6 Å². The Kier molecular flexibility index (Phi) is 5.25. The number of allylic oxidation sites excluding steroid dienone is 1. The van der Waals surface area contributed by atoms with E-state index in [1.807, 2.05) is 4.90 Å². The zero-order chi connectivity index (χ0) is 13.7. The third kappa shape index (κ3) is 3.72. The maximum atomic E-state index is 12.1. The molecule has 4 nitrogen and oxygen atoms in total. The molecule has 108 valence electrons. The Labute approximate surface area is 116 Å². The molecule has 1 aliphatic heterocycles. The minimum atomic E-state index is 0.209. The number of hydrogen-bond donors (Lipinski definition) is 0. The van der Waals surface area contributed by atoms with Crippen LogP contribution in [0, 0.1) is 5.92 Å². The van der Waals surface area contributed by atoms with E-state index in [1.54, 1.807) is 7.11 Å². The highest BCUT2D eigenvalue weighted by molar-refractivity contribution is 5.79. The number of carbonyl (C=O) groups is 1. The van der Waals surface area contributed by atoms with E-state index < -0.39 is 0 Å². The third-order valence-electron chi connectivity index (χ3n) is 4.37. The molecular formula is C15H26N2O2. The summed E-state index contributed by atoms with van der Waals surface area (Å²) in [5.74, 6) is 0.812. The largest absolute Gasteiger partial charge is 0.383 e. The lowest BCUT2D eigenvalue weighted by molar-refractivity contribution is -0.136. The van der Waals surface area contributed by atoms with E-state index in [-0.39, 0.29) is 5.91 Å². The lowest BCUT2D eigenvalue weighted by Crippen LogP contribution is -2.51. The Morgan fingerprint density at radius 1 is 1.32 bits per heavy atom. The van der Waals surface area contributed by atoms with Crippen LogP contribution < -0.4 is 0 Å². The molecule has 1 saturated carbocycles. The number of piperazine rings is 1. The highest BCUT2D eigenvalue weighted by atomic mass is 16.5. The third-order valence-corrected chi connectivity index (χ3v) is 4.37. The van der Waals surface area contributed by atoms with Crippen LogP contribution in [0.3, 0.4) is 0 Å². The molecule has 2 rings (SSSR count). The first-order valence-corrected chi connectivity index (χ1v) is 7.43. The van der Waals surface area contributed by atoms with Gasteiger partial charge in [0.2, 0.25) is 5.91 Å². The first kappa shape index (κ1) is 14.4. The summed E-state index contributed by atoms with van der Waals surface area (Å²) < 4.78 is 5.04. The molecule has 2 fully saturated rings. The Morgan fingerprint density at radius 2 is 2.05 bits per heavy atom. The molecule has 0 atom stereocenters. The van der Waals surface area contributed by atoms with Gasteiger partial charge in [0.05, 0.1) is 13.2 Å². The van der Waals surface area contributed by atoms with Crippen molar-refractivity contribution in [2.24, 2.45) is 5.92 Å². The molecule has 19 heavy (non-hydrogen) atoms. The highest BCUT2D eigenvalue weighted by Crippen LogP contribution is 2.31. The average Bonchev–Trinajstić information content (AvgIpc) is 2.46. The summed E-state index contributed by atoms with van der Waals surface area (Å²) in [6, 6.07) is 0. The standard InChI is InChI=1S/C15H26N2O2/c1-13(14-6-4-3-5-7-14)17-9-8-16(10-11-19-2)15(18)12-17/h14H,1,3-12H2,2H3. The smallest absolute Gasteiger partial charge is 0.242 e. The minimum Gasteiger partial charge on any atom is -0.383 e. The van der Waals surface area contributed by atoms with Gasteiger partial charge in [-0.15, -0.1) is 0 Å². The van der Waals surface area contributed by atoms with Gasteiger partial charge in [-0.25, -0.2) is 0 Å². The first-order chi connectivity index (χ1) is 9.22. The summed E-state index contributed by atoms with van der Waals surface area (Å²) in [5, 5.41) is 0. The zero-order valence-corrected chi connectivity index (χ0v) is 12.1. The first-order valence-electron chi connectivity index (χ1n) is 7.43. The number of nitrogens with zero attached hydrogens (tertiary/aromatic N) is 2. The molecule has 1 saturated heterocycles. The van der Waals surface area contributed by atoms with Gasteiger partial charge in [-0.3, -0.25) is 4.79 Å². The van der Waals surface area contributed by atoms with Crippen molar-refractivity contribution < 1.29 is 9.53 Å². The number of amides is 1. The maximum absolute atomic E-state index is 12.1. The van der Waals surface area contributed by atoms with Crippen molar-refractivity contribution in [1.82, 2.24) is 9.80 Å². The number of ether oxygens (including phenoxy) is 1. The van der Waals surface area contributed by atoms with E-state index >= 15 is 0 Å². The van der Waals surface area contributed by atoms with Crippen LogP contribution >= 0.6 is 0 Å². The van der Waals surface area contributed by atoms with Gasteiger partial charge in [0.25, 0.3) is 0 Å². The molecule has 4 heteroatoms. The SMILES string of the molecule is C=C(C1CCCCC1)N1CCN(CCOC)C(=O)C1. The van der Waals surface area contributed by atoms with Crippen LogP contribution in [0.1, 0.15) is 32.1 Å². The topological polar surface area (TPSA) is 32.8 Å². The fraction of sp³-hybridized carbons (Fsp3) is 0.800. The molecule has 0 spiro atoms. The molecular weight excluding hydrogens is 240 g/mol. The van der Waals surface area contributed by atoms with E-state index in [0.717, 1.165) is 13.1 Å². The van der Waals surface area contributed by atoms with Gasteiger partial charge < -0.3 is 14.5 Å². The predicted octanol–water partition coefficient (Wildman–Crippen LogP) is 1.87. The van der Waals surface area contributed by atoms with Crippen molar-refractivity contribution in [2.75, 3.05) is 39.9 Å². The van der Waals surface area contributed by atoms with Crippen LogP contribution in [-0.2, 0) is 9.53 Å². The maximum Gasteiger partial charge on any atom is 0.242 e. The van der Waals surface area contributed by atoms with E-state index in [2.05, 4.69) is 11.5 Å². The number of hydrogen-bond acceptors (Lipinski definition) is 3. The molecule has 1 amide bonds. The van der Waals surface area contributed by atoms with Crippen molar-refractivity contribution >= 4 is 5.91 Å². The monoisotopic (exact) mass is 266 g/mol. The number of rotatable bonds is 5. The molecule has 2 aliphatic rings. The van der Waals surface area contributed by atoms with E-state index in [4.69, 9.17) is 4.74 Å². The molecule has 0 aromatic rings. The Balaban J connectivity index is 1.83. The van der Waals surface area contributed by atoms with Crippen molar-refractivity contribution in [2.45, 2.75) is 32.1 Å². The van der Waals surface area contributed by atoms with E-state index in [9.17, 15) is 4.79 Å². The second kappa shape index (κ2) is 6.94. The fourth-order valence-corrected chi connectivity index (χ4v) is 3.09. The number of carbonyl (C=O) groups excluding carboxylic acids is 1. The van der Waals surface area contributed by atoms with Gasteiger partial charge in [-0.05, 0) is 18.8 Å². The zero-order valence-electron chi connectivity index (χ0n) is 12.1. The molecule has 1 aliphatic carbocycles. The van der Waals surface area contributed by atoms with Gasteiger partial charge in [0.15, 0.2) is 0 Å². The van der Waals surface area contributed by atoms with Gasteiger partial charge >= 0.3 is 0 Å². The van der Waals surface area contributed by atoms with Crippen molar-refractivity contribution in [3.05, 3.63) is 12.3 Å². The van der Waals surface area contributed by atoms with Crippen LogP contribution in [0.25, 0.3) is 0 Å². The fourth-order valence-electron chi connectivity index (χ4n) is 3.09. The Bertz CT molecular complexity index is 324. The molecule has 0 bridgehead atoms. The quantitative estimate of drug-likeness (QED) is 0.761. The highest BCUT2D eigenvalue weighted by Gasteiger charge is 2.27. The molecule has 0 aromatic carbocycles. The lowest BCUT2D eigenvalue weighted by atomic mass is 9.86. The molecule has 0 aromatic heterocycles. The predicted molar refractivity (Wildman–Crippen MR) is 75.7 cm³/mol. The Morgan fingerprint density at radius 3 is 2.68 bits per heavy atom. The van der Waals surface area contributed by atoms with Gasteiger partial charge in [-0.2, -0.15) is 0 Å². The molecule has 0 radical (unpaired) electrons. The van der Waals surface area contributed by atoms with Gasteiger partial charge in [0.1, 0.15) is 0 Å². The average molecular weight is 266 g/mol. The van der Waals surface area contributed by atoms with Crippen LogP contribution in [0.5, 0.6) is 0 Å². The second-order valence-electron chi connectivity index (χ2n) is 5.62. The summed E-state index contributed by atoms with van der Waals surface area (Å²) in [7, 11) is 1.67. The summed E-state index contributed by atoms with van der Waals surface area (Å²) in [4.78, 5) is 16.2. The second-order valence-corrected chi connectivity index (χ2v) is 5.62. The van der Waals surface area contributed by atoms with Crippen molar-refractivity contribution in [3.63, 3.8) is 0 Å². The summed E-state index contributed by atoms with van der Waals surface area (Å²) in [6.07, 6.45) is 6.47.